The molecule has 5 heteroatoms. The Hall–Kier alpha value is -0.650. The van der Waals surface area contributed by atoms with Gasteiger partial charge in [-0.25, -0.2) is 0 Å². The highest BCUT2D eigenvalue weighted by atomic mass is 16.4. The maximum atomic E-state index is 10.7. The molecule has 0 heterocycles. The van der Waals surface area contributed by atoms with Crippen molar-refractivity contribution in [3.05, 3.63) is 0 Å². The molecule has 0 amide bonds. The van der Waals surface area contributed by atoms with Gasteiger partial charge in [-0.3, -0.25) is 4.79 Å². The molecule has 0 saturated heterocycles. The predicted molar refractivity (Wildman–Crippen MR) is 51.3 cm³/mol. The van der Waals surface area contributed by atoms with Gasteiger partial charge in [-0.2, -0.15) is 0 Å². The van der Waals surface area contributed by atoms with E-state index >= 15 is 0 Å². The molecule has 0 rings (SSSR count). The zero-order valence-corrected chi connectivity index (χ0v) is 8.16. The van der Waals surface area contributed by atoms with Crippen LogP contribution in [0.2, 0.25) is 0 Å². The Morgan fingerprint density at radius 3 is 2.38 bits per heavy atom. The van der Waals surface area contributed by atoms with Gasteiger partial charge in [0.15, 0.2) is 0 Å². The minimum Gasteiger partial charge on any atom is -0.480 e. The lowest BCUT2D eigenvalue weighted by atomic mass is 10.0. The first-order valence-electron chi connectivity index (χ1n) is 4.40. The number of carbonyl (C=O) groups is 1. The van der Waals surface area contributed by atoms with Crippen molar-refractivity contribution in [3.8, 4) is 0 Å². The number of hydrogen-bond acceptors (Lipinski definition) is 4. The highest BCUT2D eigenvalue weighted by Crippen LogP contribution is 2.00. The lowest BCUT2D eigenvalue weighted by molar-refractivity contribution is -0.140. The van der Waals surface area contributed by atoms with Crippen LogP contribution in [-0.2, 0) is 4.79 Å². The molecular weight excluding hydrogens is 170 g/mol. The Labute approximate surface area is 78.5 Å². The Bertz CT molecular complexity index is 161. The van der Waals surface area contributed by atoms with Crippen LogP contribution in [0.3, 0.4) is 0 Å². The van der Waals surface area contributed by atoms with Crippen molar-refractivity contribution in [2.75, 3.05) is 13.1 Å². The van der Waals surface area contributed by atoms with E-state index in [1.165, 1.54) is 0 Å². The van der Waals surface area contributed by atoms with Gasteiger partial charge in [-0.05, 0) is 5.92 Å². The third-order valence-electron chi connectivity index (χ3n) is 1.84. The van der Waals surface area contributed by atoms with Crippen molar-refractivity contribution in [2.24, 2.45) is 17.4 Å². The molecule has 0 spiro atoms. The third-order valence-corrected chi connectivity index (χ3v) is 1.84. The second kappa shape index (κ2) is 5.90. The number of rotatable bonds is 6. The predicted octanol–water partition coefficient (Wildman–Crippen LogP) is -1.03. The quantitative estimate of drug-likeness (QED) is 0.428. The zero-order chi connectivity index (χ0) is 10.4. The van der Waals surface area contributed by atoms with Crippen LogP contribution in [-0.4, -0.2) is 36.2 Å². The second-order valence-corrected chi connectivity index (χ2v) is 3.46. The van der Waals surface area contributed by atoms with Gasteiger partial charge >= 0.3 is 5.97 Å². The van der Waals surface area contributed by atoms with E-state index in [1.54, 1.807) is 0 Å². The van der Waals surface area contributed by atoms with Crippen molar-refractivity contribution < 1.29 is 9.90 Å². The molecule has 78 valence electrons. The Morgan fingerprint density at radius 1 is 1.54 bits per heavy atom. The molecule has 5 nitrogen and oxygen atoms in total. The van der Waals surface area contributed by atoms with Crippen LogP contribution < -0.4 is 16.8 Å². The van der Waals surface area contributed by atoms with Crippen LogP contribution in [0.15, 0.2) is 0 Å². The summed E-state index contributed by atoms with van der Waals surface area (Å²) in [6.07, 6.45) is 0. The van der Waals surface area contributed by atoms with Crippen molar-refractivity contribution in [1.82, 2.24) is 5.32 Å². The topological polar surface area (TPSA) is 101 Å². The Balaban J connectivity index is 3.90. The van der Waals surface area contributed by atoms with E-state index in [9.17, 15) is 4.79 Å². The van der Waals surface area contributed by atoms with Crippen LogP contribution in [0.5, 0.6) is 0 Å². The zero-order valence-electron chi connectivity index (χ0n) is 8.16. The number of nitrogens with one attached hydrogen (secondary N) is 1. The molecule has 0 aliphatic rings. The van der Waals surface area contributed by atoms with E-state index in [0.29, 0.717) is 13.1 Å². The average molecular weight is 189 g/mol. The van der Waals surface area contributed by atoms with Crippen LogP contribution in [0, 0.1) is 5.92 Å². The number of nitrogens with two attached hydrogens (primary N) is 2. The van der Waals surface area contributed by atoms with Crippen LogP contribution >= 0.6 is 0 Å². The maximum absolute atomic E-state index is 10.7. The number of hydrogen-bond donors (Lipinski definition) is 4. The fraction of sp³-hybridized carbons (Fsp3) is 0.875. The summed E-state index contributed by atoms with van der Waals surface area (Å²) in [4.78, 5) is 10.7. The minimum atomic E-state index is -0.848. The molecule has 0 aromatic carbocycles. The van der Waals surface area contributed by atoms with Gasteiger partial charge in [-0.15, -0.1) is 0 Å². The summed E-state index contributed by atoms with van der Waals surface area (Å²) in [5, 5.41) is 11.7. The lowest BCUT2D eigenvalue weighted by Crippen LogP contribution is -2.48. The van der Waals surface area contributed by atoms with Crippen molar-refractivity contribution >= 4 is 5.97 Å². The molecule has 0 unspecified atom stereocenters. The standard InChI is InChI=1S/C8H19N3O2/c1-5(2)7(8(12)13)11-4-6(10)3-9/h5-7,11H,3-4,9-10H2,1-2H3,(H,12,13)/t6-,7-/m0/s1. The van der Waals surface area contributed by atoms with Crippen molar-refractivity contribution in [1.29, 1.82) is 0 Å². The first-order chi connectivity index (χ1) is 5.99. The first kappa shape index (κ1) is 12.3. The average Bonchev–Trinajstić information content (AvgIpc) is 2.03. The second-order valence-electron chi connectivity index (χ2n) is 3.46. The van der Waals surface area contributed by atoms with E-state index in [1.807, 2.05) is 13.8 Å². The molecule has 2 atom stereocenters. The molecule has 0 fully saturated rings. The van der Waals surface area contributed by atoms with E-state index in [2.05, 4.69) is 5.32 Å². The molecular formula is C8H19N3O2. The summed E-state index contributed by atoms with van der Waals surface area (Å²) < 4.78 is 0. The van der Waals surface area contributed by atoms with E-state index in [0.717, 1.165) is 0 Å². The molecule has 0 saturated carbocycles. The van der Waals surface area contributed by atoms with Gasteiger partial charge < -0.3 is 21.9 Å². The number of aliphatic carboxylic acids is 1. The molecule has 0 aliphatic carbocycles. The van der Waals surface area contributed by atoms with Crippen LogP contribution in [0.1, 0.15) is 13.8 Å². The number of carboxylic acids is 1. The largest absolute Gasteiger partial charge is 0.480 e. The molecule has 0 bridgehead atoms. The van der Waals surface area contributed by atoms with Crippen LogP contribution in [0.25, 0.3) is 0 Å². The van der Waals surface area contributed by atoms with Gasteiger partial charge in [0.1, 0.15) is 6.04 Å². The summed E-state index contributed by atoms with van der Waals surface area (Å²) in [5.74, 6) is -0.804. The van der Waals surface area contributed by atoms with Crippen molar-refractivity contribution in [2.45, 2.75) is 25.9 Å². The van der Waals surface area contributed by atoms with Crippen LogP contribution in [0.4, 0.5) is 0 Å². The molecule has 0 aromatic rings. The van der Waals surface area contributed by atoms with E-state index in [4.69, 9.17) is 16.6 Å². The van der Waals surface area contributed by atoms with Gasteiger partial charge in [0, 0.05) is 19.1 Å². The fourth-order valence-electron chi connectivity index (χ4n) is 0.970. The normalized spacial score (nSPS) is 15.8. The SMILES string of the molecule is CC(C)[C@H](NC[C@@H](N)CN)C(=O)O. The first-order valence-corrected chi connectivity index (χ1v) is 4.40. The van der Waals surface area contributed by atoms with Gasteiger partial charge in [0.05, 0.1) is 0 Å². The molecule has 6 N–H and O–H groups in total. The van der Waals surface area contributed by atoms with Gasteiger partial charge in [-0.1, -0.05) is 13.8 Å². The monoisotopic (exact) mass is 189 g/mol. The maximum Gasteiger partial charge on any atom is 0.320 e. The molecule has 0 radical (unpaired) electrons. The number of carboxylic acid groups (broad SMARTS) is 1. The van der Waals surface area contributed by atoms with E-state index in [-0.39, 0.29) is 12.0 Å². The lowest BCUT2D eigenvalue weighted by Gasteiger charge is -2.19. The minimum absolute atomic E-state index is 0.0440. The molecule has 0 aromatic heterocycles. The Morgan fingerprint density at radius 2 is 2.08 bits per heavy atom. The smallest absolute Gasteiger partial charge is 0.320 e. The summed E-state index contributed by atoms with van der Waals surface area (Å²) in [6.45, 7) is 4.49. The van der Waals surface area contributed by atoms with E-state index < -0.39 is 12.0 Å². The summed E-state index contributed by atoms with van der Waals surface area (Å²) in [5.41, 5.74) is 10.8. The highest BCUT2D eigenvalue weighted by Gasteiger charge is 2.20. The van der Waals surface area contributed by atoms with Gasteiger partial charge in [0.2, 0.25) is 0 Å². The third kappa shape index (κ3) is 4.82. The Kier molecular flexibility index (Phi) is 5.61. The summed E-state index contributed by atoms with van der Waals surface area (Å²) in [7, 11) is 0. The van der Waals surface area contributed by atoms with Gasteiger partial charge in [0.25, 0.3) is 0 Å². The summed E-state index contributed by atoms with van der Waals surface area (Å²) in [6, 6.07) is -0.724. The highest BCUT2D eigenvalue weighted by molar-refractivity contribution is 5.73. The van der Waals surface area contributed by atoms with Crippen molar-refractivity contribution in [3.63, 3.8) is 0 Å². The summed E-state index contributed by atoms with van der Waals surface area (Å²) >= 11 is 0. The fourth-order valence-corrected chi connectivity index (χ4v) is 0.970. The molecule has 0 aliphatic heterocycles. The molecule has 13 heavy (non-hydrogen) atoms.